The first-order chi connectivity index (χ1) is 7.09. The highest BCUT2D eigenvalue weighted by molar-refractivity contribution is 9.10. The molecule has 0 heterocycles. The van der Waals surface area contributed by atoms with Crippen LogP contribution in [0.2, 0.25) is 0 Å². The highest BCUT2D eigenvalue weighted by Gasteiger charge is 2.07. The molecular weight excluding hydrogens is 272 g/mol. The zero-order valence-corrected chi connectivity index (χ0v) is 11.4. The Morgan fingerprint density at radius 3 is 2.67 bits per heavy atom. The van der Waals surface area contributed by atoms with Crippen LogP contribution in [0.25, 0.3) is 0 Å². The van der Waals surface area contributed by atoms with Crippen molar-refractivity contribution < 1.29 is 4.79 Å². The Morgan fingerprint density at radius 1 is 1.40 bits per heavy atom. The van der Waals surface area contributed by atoms with E-state index in [4.69, 9.17) is 0 Å². The fourth-order valence-electron chi connectivity index (χ4n) is 1.23. The molecule has 0 bridgehead atoms. The molecule has 0 amide bonds. The first-order valence-electron chi connectivity index (χ1n) is 4.98. The molecule has 0 fully saturated rings. The Kier molecular flexibility index (Phi) is 5.40. The summed E-state index contributed by atoms with van der Waals surface area (Å²) >= 11 is 5.07. The largest absolute Gasteiger partial charge is 0.299 e. The number of hydrogen-bond acceptors (Lipinski definition) is 2. The van der Waals surface area contributed by atoms with Crippen molar-refractivity contribution in [2.75, 3.05) is 5.75 Å². The van der Waals surface area contributed by atoms with Crippen LogP contribution in [0.1, 0.15) is 20.3 Å². The first kappa shape index (κ1) is 12.8. The lowest BCUT2D eigenvalue weighted by Crippen LogP contribution is -2.05. The van der Waals surface area contributed by atoms with Crippen LogP contribution in [0, 0.1) is 5.92 Å². The van der Waals surface area contributed by atoms with Gasteiger partial charge in [0.05, 0.1) is 5.75 Å². The second-order valence-corrected chi connectivity index (χ2v) is 5.73. The first-order valence-corrected chi connectivity index (χ1v) is 6.76. The van der Waals surface area contributed by atoms with Crippen molar-refractivity contribution in [1.82, 2.24) is 0 Å². The molecule has 0 N–H and O–H groups in total. The number of ketones is 1. The second-order valence-electron chi connectivity index (χ2n) is 3.86. The van der Waals surface area contributed by atoms with Crippen LogP contribution >= 0.6 is 27.7 Å². The van der Waals surface area contributed by atoms with Gasteiger partial charge < -0.3 is 0 Å². The van der Waals surface area contributed by atoms with E-state index < -0.39 is 0 Å². The molecule has 0 aromatic heterocycles. The van der Waals surface area contributed by atoms with Crippen LogP contribution < -0.4 is 0 Å². The standard InChI is InChI=1S/C12H15BrOS/c1-9(2)7-10(14)8-15-12-6-4-3-5-11(12)13/h3-6,9H,7-8H2,1-2H3. The molecule has 1 aromatic carbocycles. The Bertz CT molecular complexity index is 336. The summed E-state index contributed by atoms with van der Waals surface area (Å²) in [4.78, 5) is 12.6. The zero-order valence-electron chi connectivity index (χ0n) is 9.00. The van der Waals surface area contributed by atoms with Crippen LogP contribution in [0.5, 0.6) is 0 Å². The zero-order chi connectivity index (χ0) is 11.3. The van der Waals surface area contributed by atoms with Crippen LogP contribution in [-0.4, -0.2) is 11.5 Å². The minimum absolute atomic E-state index is 0.325. The fraction of sp³-hybridized carbons (Fsp3) is 0.417. The molecule has 0 saturated heterocycles. The van der Waals surface area contributed by atoms with Gasteiger partial charge in [0.1, 0.15) is 5.78 Å². The quantitative estimate of drug-likeness (QED) is 0.756. The molecule has 3 heteroatoms. The van der Waals surface area contributed by atoms with Crippen molar-refractivity contribution in [1.29, 1.82) is 0 Å². The third-order valence-corrected chi connectivity index (χ3v) is 3.95. The van der Waals surface area contributed by atoms with E-state index in [0.29, 0.717) is 23.9 Å². The van der Waals surface area contributed by atoms with Gasteiger partial charge in [-0.15, -0.1) is 11.8 Å². The average Bonchev–Trinajstić information content (AvgIpc) is 2.15. The van der Waals surface area contributed by atoms with Gasteiger partial charge >= 0.3 is 0 Å². The van der Waals surface area contributed by atoms with Crippen molar-refractivity contribution in [3.8, 4) is 0 Å². The summed E-state index contributed by atoms with van der Waals surface area (Å²) in [5.41, 5.74) is 0. The van der Waals surface area contributed by atoms with Crippen molar-refractivity contribution in [3.63, 3.8) is 0 Å². The third-order valence-electron chi connectivity index (χ3n) is 1.86. The van der Waals surface area contributed by atoms with Gasteiger partial charge in [-0.3, -0.25) is 4.79 Å². The Balaban J connectivity index is 2.44. The van der Waals surface area contributed by atoms with Gasteiger partial charge in [0.25, 0.3) is 0 Å². The third kappa shape index (κ3) is 4.85. The Hall–Kier alpha value is -0.280. The van der Waals surface area contributed by atoms with Crippen molar-refractivity contribution in [2.24, 2.45) is 5.92 Å². The van der Waals surface area contributed by atoms with E-state index in [1.165, 1.54) is 0 Å². The molecule has 0 saturated carbocycles. The molecule has 82 valence electrons. The van der Waals surface area contributed by atoms with E-state index in [9.17, 15) is 4.79 Å². The molecule has 1 nitrogen and oxygen atoms in total. The van der Waals surface area contributed by atoms with E-state index in [1.54, 1.807) is 11.8 Å². The topological polar surface area (TPSA) is 17.1 Å². The Morgan fingerprint density at radius 2 is 2.07 bits per heavy atom. The van der Waals surface area contributed by atoms with Crippen LogP contribution in [0.4, 0.5) is 0 Å². The highest BCUT2D eigenvalue weighted by Crippen LogP contribution is 2.27. The van der Waals surface area contributed by atoms with Gasteiger partial charge in [-0.2, -0.15) is 0 Å². The summed E-state index contributed by atoms with van der Waals surface area (Å²) in [5, 5.41) is 0. The number of thioether (sulfide) groups is 1. The average molecular weight is 287 g/mol. The molecular formula is C12H15BrOS. The SMILES string of the molecule is CC(C)CC(=O)CSc1ccccc1Br. The summed E-state index contributed by atoms with van der Waals surface area (Å²) < 4.78 is 1.06. The fourth-order valence-corrected chi connectivity index (χ4v) is 2.68. The van der Waals surface area contributed by atoms with Gasteiger partial charge in [0, 0.05) is 15.8 Å². The van der Waals surface area contributed by atoms with Gasteiger partial charge in [-0.1, -0.05) is 26.0 Å². The predicted octanol–water partition coefficient (Wildman–Crippen LogP) is 4.16. The van der Waals surface area contributed by atoms with Crippen LogP contribution in [0.3, 0.4) is 0 Å². The molecule has 0 radical (unpaired) electrons. The monoisotopic (exact) mass is 286 g/mol. The van der Waals surface area contributed by atoms with E-state index >= 15 is 0 Å². The lowest BCUT2D eigenvalue weighted by Gasteiger charge is -2.05. The Labute approximate surface area is 104 Å². The molecule has 0 atom stereocenters. The normalized spacial score (nSPS) is 10.7. The molecule has 1 aromatic rings. The second kappa shape index (κ2) is 6.33. The van der Waals surface area contributed by atoms with Crippen LogP contribution in [0.15, 0.2) is 33.6 Å². The number of halogens is 1. The minimum atomic E-state index is 0.325. The van der Waals surface area contributed by atoms with E-state index in [2.05, 4.69) is 29.8 Å². The number of benzene rings is 1. The highest BCUT2D eigenvalue weighted by atomic mass is 79.9. The summed E-state index contributed by atoms with van der Waals surface area (Å²) in [7, 11) is 0. The number of carbonyl (C=O) groups excluding carboxylic acids is 1. The smallest absolute Gasteiger partial charge is 0.143 e. The van der Waals surface area contributed by atoms with Crippen molar-refractivity contribution >= 4 is 33.5 Å². The maximum Gasteiger partial charge on any atom is 0.143 e. The van der Waals surface area contributed by atoms with E-state index in [-0.39, 0.29) is 0 Å². The maximum absolute atomic E-state index is 11.5. The minimum Gasteiger partial charge on any atom is -0.299 e. The molecule has 0 unspecified atom stereocenters. The van der Waals surface area contributed by atoms with Gasteiger partial charge in [0.15, 0.2) is 0 Å². The predicted molar refractivity (Wildman–Crippen MR) is 69.3 cm³/mol. The van der Waals surface area contributed by atoms with Crippen molar-refractivity contribution in [3.05, 3.63) is 28.7 Å². The lowest BCUT2D eigenvalue weighted by atomic mass is 10.1. The van der Waals surface area contributed by atoms with Gasteiger partial charge in [-0.05, 0) is 34.0 Å². The van der Waals surface area contributed by atoms with Crippen LogP contribution in [-0.2, 0) is 4.79 Å². The van der Waals surface area contributed by atoms with E-state index in [0.717, 1.165) is 9.37 Å². The summed E-state index contributed by atoms with van der Waals surface area (Å²) in [6.45, 7) is 4.14. The summed E-state index contributed by atoms with van der Waals surface area (Å²) in [6.07, 6.45) is 0.678. The number of Topliss-reactive ketones (excluding diaryl/α,β-unsaturated/α-hetero) is 1. The molecule has 0 aliphatic carbocycles. The molecule has 1 rings (SSSR count). The maximum atomic E-state index is 11.5. The number of carbonyl (C=O) groups is 1. The van der Waals surface area contributed by atoms with E-state index in [1.807, 2.05) is 24.3 Å². The molecule has 0 spiro atoms. The molecule has 0 aliphatic heterocycles. The number of hydrogen-bond donors (Lipinski definition) is 0. The summed E-state index contributed by atoms with van der Waals surface area (Å²) in [6, 6.07) is 7.98. The summed E-state index contributed by atoms with van der Waals surface area (Å²) in [5.74, 6) is 1.35. The van der Waals surface area contributed by atoms with Gasteiger partial charge in [0.2, 0.25) is 0 Å². The molecule has 15 heavy (non-hydrogen) atoms. The lowest BCUT2D eigenvalue weighted by molar-refractivity contribution is -0.117. The van der Waals surface area contributed by atoms with Gasteiger partial charge in [-0.25, -0.2) is 0 Å². The number of rotatable bonds is 5. The molecule has 0 aliphatic rings. The van der Waals surface area contributed by atoms with Crippen molar-refractivity contribution in [2.45, 2.75) is 25.2 Å².